The van der Waals surface area contributed by atoms with Crippen LogP contribution in [0.15, 0.2) is 12.2 Å². The van der Waals surface area contributed by atoms with Crippen molar-refractivity contribution >= 4 is 23.6 Å². The summed E-state index contributed by atoms with van der Waals surface area (Å²) in [4.78, 5) is 55.0. The van der Waals surface area contributed by atoms with Gasteiger partial charge in [0.25, 0.3) is 23.6 Å². The molecule has 0 aromatic carbocycles. The van der Waals surface area contributed by atoms with Crippen molar-refractivity contribution in [3.63, 3.8) is 0 Å². The molecule has 2 aliphatic rings. The second kappa shape index (κ2) is 11.5. The van der Waals surface area contributed by atoms with Crippen LogP contribution in [0.4, 0.5) is 0 Å². The molecule has 0 N–H and O–H groups in total. The van der Waals surface area contributed by atoms with E-state index in [-0.39, 0.29) is 51.1 Å². The van der Waals surface area contributed by atoms with Crippen LogP contribution in [-0.2, 0) is 43.1 Å². The Balaban J connectivity index is 1.32. The van der Waals surface area contributed by atoms with Crippen molar-refractivity contribution in [3.8, 4) is 0 Å². The topological polar surface area (TPSA) is 121 Å². The van der Waals surface area contributed by atoms with Crippen molar-refractivity contribution in [3.05, 3.63) is 12.2 Å². The first-order valence-electron chi connectivity index (χ1n) is 8.50. The van der Waals surface area contributed by atoms with Crippen molar-refractivity contribution in [2.24, 2.45) is 0 Å². The zero-order chi connectivity index (χ0) is 19.5. The average Bonchev–Trinajstić information content (AvgIpc) is 3.14. The number of carbonyl (C=O) groups is 4. The Hall–Kier alpha value is -2.18. The zero-order valence-corrected chi connectivity index (χ0v) is 14.8. The van der Waals surface area contributed by atoms with Crippen LogP contribution < -0.4 is 0 Å². The summed E-state index contributed by atoms with van der Waals surface area (Å²) in [5, 5.41) is 1.46. The predicted octanol–water partition coefficient (Wildman–Crippen LogP) is -1.03. The lowest BCUT2D eigenvalue weighted by atomic mass is 10.4. The van der Waals surface area contributed by atoms with Gasteiger partial charge in [-0.3, -0.25) is 28.9 Å². The highest BCUT2D eigenvalue weighted by atomic mass is 16.7. The smallest absolute Gasteiger partial charge is 0.277 e. The minimum atomic E-state index is -0.507. The van der Waals surface area contributed by atoms with E-state index in [0.29, 0.717) is 31.5 Å². The third kappa shape index (κ3) is 7.15. The van der Waals surface area contributed by atoms with Crippen molar-refractivity contribution in [2.75, 3.05) is 52.9 Å². The molecule has 0 aliphatic carbocycles. The molecule has 0 bridgehead atoms. The van der Waals surface area contributed by atoms with Crippen LogP contribution in [0.1, 0.15) is 12.8 Å². The van der Waals surface area contributed by atoms with E-state index in [2.05, 4.69) is 0 Å². The van der Waals surface area contributed by atoms with Crippen LogP contribution in [0.2, 0.25) is 0 Å². The van der Waals surface area contributed by atoms with Gasteiger partial charge in [0, 0.05) is 25.0 Å². The summed E-state index contributed by atoms with van der Waals surface area (Å²) in [5.74, 6) is -1.67. The maximum Gasteiger partial charge on any atom is 0.277 e. The van der Waals surface area contributed by atoms with Crippen molar-refractivity contribution in [1.82, 2.24) is 10.1 Å². The summed E-state index contributed by atoms with van der Waals surface area (Å²) < 4.78 is 15.8. The Kier molecular flexibility index (Phi) is 9.01. The number of hydrogen-bond donors (Lipinski definition) is 0. The molecule has 0 saturated carbocycles. The average molecular weight is 386 g/mol. The number of carbonyl (C=O) groups excluding carboxylic acids is 4. The van der Waals surface area contributed by atoms with Gasteiger partial charge in [0.15, 0.2) is 0 Å². The molecule has 2 heterocycles. The Morgan fingerprint density at radius 3 is 1.41 bits per heavy atom. The second-order valence-electron chi connectivity index (χ2n) is 5.39. The Morgan fingerprint density at radius 2 is 0.963 bits per heavy atom. The Morgan fingerprint density at radius 1 is 0.593 bits per heavy atom. The van der Waals surface area contributed by atoms with Gasteiger partial charge in [0.1, 0.15) is 0 Å². The summed E-state index contributed by atoms with van der Waals surface area (Å²) in [6.45, 7) is 1.98. The molecule has 11 nitrogen and oxygen atoms in total. The zero-order valence-electron chi connectivity index (χ0n) is 14.8. The van der Waals surface area contributed by atoms with Gasteiger partial charge < -0.3 is 14.2 Å². The molecule has 0 radical (unpaired) electrons. The summed E-state index contributed by atoms with van der Waals surface area (Å²) >= 11 is 0. The van der Waals surface area contributed by atoms with Crippen LogP contribution in [0, 0.1) is 0 Å². The molecular formula is C16H22N2O9. The summed E-state index contributed by atoms with van der Waals surface area (Å²) in [5.41, 5.74) is 0. The van der Waals surface area contributed by atoms with Crippen LogP contribution in [0.5, 0.6) is 0 Å². The maximum atomic E-state index is 11.3. The fourth-order valence-corrected chi connectivity index (χ4v) is 2.13. The minimum absolute atomic E-state index is 0.0737. The lowest BCUT2D eigenvalue weighted by molar-refractivity contribution is -0.191. The molecule has 0 atom stereocenters. The van der Waals surface area contributed by atoms with E-state index in [9.17, 15) is 19.2 Å². The first-order valence-corrected chi connectivity index (χ1v) is 8.50. The van der Waals surface area contributed by atoms with E-state index in [0.717, 1.165) is 17.2 Å². The molecule has 11 heteroatoms. The molecule has 2 aliphatic heterocycles. The van der Waals surface area contributed by atoms with Crippen molar-refractivity contribution in [2.45, 2.75) is 12.8 Å². The van der Waals surface area contributed by atoms with Gasteiger partial charge in [0.2, 0.25) is 0 Å². The number of imide groups is 2. The Labute approximate surface area is 155 Å². The van der Waals surface area contributed by atoms with Crippen LogP contribution in [0.3, 0.4) is 0 Å². The van der Waals surface area contributed by atoms with Crippen LogP contribution >= 0.6 is 0 Å². The van der Waals surface area contributed by atoms with Gasteiger partial charge >= 0.3 is 0 Å². The molecule has 0 aromatic heterocycles. The number of amides is 4. The van der Waals surface area contributed by atoms with Crippen LogP contribution in [0.25, 0.3) is 0 Å². The molecule has 2 rings (SSSR count). The summed E-state index contributed by atoms with van der Waals surface area (Å²) in [6.07, 6.45) is 2.65. The van der Waals surface area contributed by atoms with Gasteiger partial charge in [0.05, 0.1) is 52.9 Å². The number of rotatable bonds is 14. The van der Waals surface area contributed by atoms with Gasteiger partial charge in [-0.1, -0.05) is 0 Å². The molecule has 0 aromatic rings. The fraction of sp³-hybridized carbons (Fsp3) is 0.625. The highest BCUT2D eigenvalue weighted by Crippen LogP contribution is 2.11. The van der Waals surface area contributed by atoms with E-state index in [1.54, 1.807) is 0 Å². The minimum Gasteiger partial charge on any atom is -0.377 e. The number of nitrogens with zero attached hydrogens (tertiary/aromatic N) is 2. The third-order valence-electron chi connectivity index (χ3n) is 3.41. The molecule has 27 heavy (non-hydrogen) atoms. The van der Waals surface area contributed by atoms with Crippen molar-refractivity contribution < 1.29 is 43.1 Å². The first kappa shape index (κ1) is 21.1. The molecule has 0 unspecified atom stereocenters. The molecule has 0 spiro atoms. The molecule has 4 amide bonds. The molecular weight excluding hydrogens is 364 g/mol. The predicted molar refractivity (Wildman–Crippen MR) is 86.4 cm³/mol. The van der Waals surface area contributed by atoms with Crippen molar-refractivity contribution in [1.29, 1.82) is 0 Å². The fourth-order valence-electron chi connectivity index (χ4n) is 2.13. The van der Waals surface area contributed by atoms with Crippen LogP contribution in [-0.4, -0.2) is 86.6 Å². The van der Waals surface area contributed by atoms with Gasteiger partial charge in [-0.25, -0.2) is 0 Å². The molecule has 1 saturated heterocycles. The first-order chi connectivity index (χ1) is 13.1. The summed E-state index contributed by atoms with van der Waals surface area (Å²) in [7, 11) is 0. The van der Waals surface area contributed by atoms with E-state index in [4.69, 9.17) is 23.9 Å². The van der Waals surface area contributed by atoms with E-state index >= 15 is 0 Å². The SMILES string of the molecule is O=C1C=CC(=O)N1OCCOCCOCCOCCON1C(=O)CCC1=O. The highest BCUT2D eigenvalue weighted by molar-refractivity contribution is 6.11. The quantitative estimate of drug-likeness (QED) is 0.273. The normalized spacial score (nSPS) is 17.0. The Bertz CT molecular complexity index is 532. The van der Waals surface area contributed by atoms with E-state index < -0.39 is 11.8 Å². The lowest BCUT2D eigenvalue weighted by Crippen LogP contribution is -2.31. The number of ether oxygens (including phenoxy) is 3. The van der Waals surface area contributed by atoms with E-state index in [1.807, 2.05) is 0 Å². The molecule has 1 fully saturated rings. The largest absolute Gasteiger partial charge is 0.377 e. The lowest BCUT2D eigenvalue weighted by Gasteiger charge is -2.13. The second-order valence-corrected chi connectivity index (χ2v) is 5.39. The monoisotopic (exact) mass is 386 g/mol. The standard InChI is InChI=1S/C16H22N2O9/c19-13-1-2-14(20)17(13)26-11-9-24-7-5-23-6-8-25-10-12-27-18-15(21)3-4-16(18)22/h1-2H,3-12H2. The summed E-state index contributed by atoms with van der Waals surface area (Å²) in [6, 6.07) is 0. The maximum absolute atomic E-state index is 11.3. The van der Waals surface area contributed by atoms with Gasteiger partial charge in [-0.05, 0) is 0 Å². The van der Waals surface area contributed by atoms with E-state index in [1.165, 1.54) is 0 Å². The number of hydroxylamine groups is 4. The highest BCUT2D eigenvalue weighted by Gasteiger charge is 2.30. The third-order valence-corrected chi connectivity index (χ3v) is 3.41. The number of hydrogen-bond acceptors (Lipinski definition) is 9. The van der Waals surface area contributed by atoms with Gasteiger partial charge in [-0.15, -0.1) is 5.06 Å². The molecule has 150 valence electrons. The van der Waals surface area contributed by atoms with Gasteiger partial charge in [-0.2, -0.15) is 5.06 Å².